The molecule has 0 radical (unpaired) electrons. The molecule has 0 bridgehead atoms. The molecule has 1 nitrogen and oxygen atoms in total. The first-order valence-electron chi connectivity index (χ1n) is 8.01. The van der Waals surface area contributed by atoms with Gasteiger partial charge in [-0.15, -0.1) is 0 Å². The van der Waals surface area contributed by atoms with Gasteiger partial charge in [0, 0.05) is 10.4 Å². The summed E-state index contributed by atoms with van der Waals surface area (Å²) in [6.45, 7) is 4.42. The second-order valence-electron chi connectivity index (χ2n) is 6.80. The van der Waals surface area contributed by atoms with E-state index in [1.807, 2.05) is 0 Å². The average Bonchev–Trinajstić information content (AvgIpc) is 2.49. The van der Waals surface area contributed by atoms with E-state index in [0.717, 1.165) is 17.3 Å². The lowest BCUT2D eigenvalue weighted by molar-refractivity contribution is -0.116. The first kappa shape index (κ1) is 15.8. The second kappa shape index (κ2) is 6.55. The van der Waals surface area contributed by atoms with Gasteiger partial charge in [-0.3, -0.25) is 0 Å². The second-order valence-corrected chi connectivity index (χ2v) is 7.72. The molecule has 0 unspecified atom stereocenters. The third-order valence-corrected chi connectivity index (χ3v) is 5.08. The van der Waals surface area contributed by atoms with Crippen LogP contribution in [0.25, 0.3) is 0 Å². The molecule has 2 aromatic carbocycles. The van der Waals surface area contributed by atoms with Crippen LogP contribution < -0.4 is 0 Å². The van der Waals surface area contributed by atoms with Gasteiger partial charge in [0.15, 0.2) is 0 Å². The topological polar surface area (TPSA) is 9.23 Å². The molecule has 1 saturated heterocycles. The fourth-order valence-corrected chi connectivity index (χ4v) is 3.63. The summed E-state index contributed by atoms with van der Waals surface area (Å²) in [4.78, 5) is 0. The molecule has 3 rings (SSSR count). The molecule has 0 aromatic heterocycles. The third-order valence-electron chi connectivity index (χ3n) is 4.55. The minimum Gasteiger partial charge on any atom is -0.371 e. The predicted octanol–water partition coefficient (Wildman–Crippen LogP) is 5.73. The molecular formula is C20H23BrO. The minimum absolute atomic E-state index is 0.0225. The average molecular weight is 359 g/mol. The van der Waals surface area contributed by atoms with Gasteiger partial charge in [0.1, 0.15) is 0 Å². The summed E-state index contributed by atoms with van der Waals surface area (Å²) in [5.41, 5.74) is 2.72. The fraction of sp³-hybridized carbons (Fsp3) is 0.400. The van der Waals surface area contributed by atoms with Gasteiger partial charge in [-0.25, -0.2) is 0 Å². The molecule has 0 aliphatic carbocycles. The van der Waals surface area contributed by atoms with Crippen LogP contribution in [0.3, 0.4) is 0 Å². The highest BCUT2D eigenvalue weighted by molar-refractivity contribution is 9.10. The zero-order chi connectivity index (χ0) is 15.6. The summed E-state index contributed by atoms with van der Waals surface area (Å²) in [5, 5.41) is 0. The molecule has 0 spiro atoms. The number of rotatable bonds is 3. The maximum atomic E-state index is 6.46. The molecule has 1 aliphatic rings. The molecule has 116 valence electrons. The van der Waals surface area contributed by atoms with Crippen LogP contribution in [0.15, 0.2) is 59.1 Å². The van der Waals surface area contributed by atoms with Gasteiger partial charge in [0.25, 0.3) is 0 Å². The number of benzene rings is 2. The van der Waals surface area contributed by atoms with Gasteiger partial charge in [-0.2, -0.15) is 0 Å². The number of ether oxygens (including phenoxy) is 1. The Bertz CT molecular complexity index is 603. The lowest BCUT2D eigenvalue weighted by atomic mass is 9.80. The van der Waals surface area contributed by atoms with E-state index in [1.54, 1.807) is 0 Å². The van der Waals surface area contributed by atoms with Crippen LogP contribution in [0.5, 0.6) is 0 Å². The largest absolute Gasteiger partial charge is 0.371 e. The van der Waals surface area contributed by atoms with Crippen molar-refractivity contribution in [1.29, 1.82) is 0 Å². The first-order valence-corrected chi connectivity index (χ1v) is 8.80. The highest BCUT2D eigenvalue weighted by Crippen LogP contribution is 2.39. The van der Waals surface area contributed by atoms with E-state index >= 15 is 0 Å². The molecule has 22 heavy (non-hydrogen) atoms. The highest BCUT2D eigenvalue weighted by Gasteiger charge is 2.36. The minimum atomic E-state index is -0.0225. The number of hydrogen-bond donors (Lipinski definition) is 0. The molecule has 1 heterocycles. The van der Waals surface area contributed by atoms with E-state index in [4.69, 9.17) is 4.74 Å². The summed E-state index contributed by atoms with van der Waals surface area (Å²) in [6.07, 6.45) is 3.52. The standard InChI is InChI=1S/C20H23BrO/c1-20(2)13-12-18(16-8-10-17(21)11-9-16)19(22-20)14-15-6-4-3-5-7-15/h3-11,18-19H,12-14H2,1-2H3/t18-,19+/m1/s1. The molecule has 2 atom stereocenters. The lowest BCUT2D eigenvalue weighted by Gasteiger charge is -2.41. The maximum Gasteiger partial charge on any atom is 0.0691 e. The smallest absolute Gasteiger partial charge is 0.0691 e. The van der Waals surface area contributed by atoms with Crippen molar-refractivity contribution in [3.8, 4) is 0 Å². The van der Waals surface area contributed by atoms with Crippen molar-refractivity contribution in [3.05, 3.63) is 70.2 Å². The van der Waals surface area contributed by atoms with Crippen molar-refractivity contribution in [1.82, 2.24) is 0 Å². The van der Waals surface area contributed by atoms with Crippen molar-refractivity contribution in [2.45, 2.75) is 50.7 Å². The molecule has 0 saturated carbocycles. The Labute approximate surface area is 141 Å². The highest BCUT2D eigenvalue weighted by atomic mass is 79.9. The van der Waals surface area contributed by atoms with Gasteiger partial charge in [-0.05, 0) is 56.4 Å². The van der Waals surface area contributed by atoms with Crippen LogP contribution in [0.2, 0.25) is 0 Å². The number of hydrogen-bond acceptors (Lipinski definition) is 1. The molecule has 0 N–H and O–H groups in total. The molecule has 1 aliphatic heterocycles. The molecule has 1 fully saturated rings. The first-order chi connectivity index (χ1) is 10.5. The molecule has 2 aromatic rings. The van der Waals surface area contributed by atoms with Crippen LogP contribution in [-0.2, 0) is 11.2 Å². The van der Waals surface area contributed by atoms with Gasteiger partial charge < -0.3 is 4.74 Å². The van der Waals surface area contributed by atoms with Crippen LogP contribution in [0.1, 0.15) is 43.7 Å². The maximum absolute atomic E-state index is 6.46. The third kappa shape index (κ3) is 3.80. The van der Waals surface area contributed by atoms with Crippen molar-refractivity contribution in [2.24, 2.45) is 0 Å². The Balaban J connectivity index is 1.84. The van der Waals surface area contributed by atoms with Gasteiger partial charge in [0.2, 0.25) is 0 Å². The van der Waals surface area contributed by atoms with Crippen molar-refractivity contribution in [2.75, 3.05) is 0 Å². The monoisotopic (exact) mass is 358 g/mol. The van der Waals surface area contributed by atoms with Crippen LogP contribution in [-0.4, -0.2) is 11.7 Å². The Kier molecular flexibility index (Phi) is 4.70. The zero-order valence-electron chi connectivity index (χ0n) is 13.3. The Morgan fingerprint density at radius 2 is 1.73 bits per heavy atom. The summed E-state index contributed by atoms with van der Waals surface area (Å²) >= 11 is 3.53. The van der Waals surface area contributed by atoms with Gasteiger partial charge in [0.05, 0.1) is 11.7 Å². The quantitative estimate of drug-likeness (QED) is 0.680. The normalized spacial score (nSPS) is 24.1. The predicted molar refractivity (Wildman–Crippen MR) is 95.2 cm³/mol. The molecule has 2 heteroatoms. The van der Waals surface area contributed by atoms with Crippen LogP contribution in [0.4, 0.5) is 0 Å². The molecular weight excluding hydrogens is 336 g/mol. The summed E-state index contributed by atoms with van der Waals surface area (Å²) < 4.78 is 7.60. The van der Waals surface area contributed by atoms with Gasteiger partial charge in [-0.1, -0.05) is 58.4 Å². The fourth-order valence-electron chi connectivity index (χ4n) is 3.36. The van der Waals surface area contributed by atoms with Crippen molar-refractivity contribution in [3.63, 3.8) is 0 Å². The SMILES string of the molecule is CC1(C)CC[C@H](c2ccc(Br)cc2)[C@H](Cc2ccccc2)O1. The Morgan fingerprint density at radius 1 is 1.05 bits per heavy atom. The van der Waals surface area contributed by atoms with Crippen molar-refractivity contribution < 1.29 is 4.74 Å². The van der Waals surface area contributed by atoms with Crippen LogP contribution in [0, 0.1) is 0 Å². The number of halogens is 1. The van der Waals surface area contributed by atoms with E-state index in [-0.39, 0.29) is 11.7 Å². The summed E-state index contributed by atoms with van der Waals surface area (Å²) in [6, 6.07) is 19.4. The van der Waals surface area contributed by atoms with E-state index in [1.165, 1.54) is 17.5 Å². The Morgan fingerprint density at radius 3 is 2.41 bits per heavy atom. The Hall–Kier alpha value is -1.12. The van der Waals surface area contributed by atoms with Gasteiger partial charge >= 0.3 is 0 Å². The van der Waals surface area contributed by atoms with Crippen molar-refractivity contribution >= 4 is 15.9 Å². The van der Waals surface area contributed by atoms with E-state index in [0.29, 0.717) is 5.92 Å². The van der Waals surface area contributed by atoms with E-state index < -0.39 is 0 Å². The van der Waals surface area contributed by atoms with E-state index in [2.05, 4.69) is 84.4 Å². The zero-order valence-corrected chi connectivity index (χ0v) is 14.8. The van der Waals surface area contributed by atoms with E-state index in [9.17, 15) is 0 Å². The summed E-state index contributed by atoms with van der Waals surface area (Å²) in [5.74, 6) is 0.473. The summed E-state index contributed by atoms with van der Waals surface area (Å²) in [7, 11) is 0. The lowest BCUT2D eigenvalue weighted by Crippen LogP contribution is -2.41. The molecule has 0 amide bonds. The van der Waals surface area contributed by atoms with Crippen LogP contribution >= 0.6 is 15.9 Å².